The minimum atomic E-state index is 0.130. The van der Waals surface area contributed by atoms with Gasteiger partial charge in [-0.1, -0.05) is 25.5 Å². The van der Waals surface area contributed by atoms with Gasteiger partial charge in [0.05, 0.1) is 5.56 Å². The van der Waals surface area contributed by atoms with Crippen LogP contribution in [0.25, 0.3) is 0 Å². The SMILES string of the molecule is CCC1CCN(C(=O)c2ccccc2S)CC1. The lowest BCUT2D eigenvalue weighted by Gasteiger charge is -2.31. The van der Waals surface area contributed by atoms with Crippen molar-refractivity contribution in [3.8, 4) is 0 Å². The van der Waals surface area contributed by atoms with Crippen molar-refractivity contribution in [2.24, 2.45) is 5.92 Å². The molecule has 17 heavy (non-hydrogen) atoms. The third-order valence-electron chi connectivity index (χ3n) is 3.61. The summed E-state index contributed by atoms with van der Waals surface area (Å²) in [6.45, 7) is 4.00. The van der Waals surface area contributed by atoms with Gasteiger partial charge < -0.3 is 4.90 Å². The molecule has 2 rings (SSSR count). The molecular weight excluding hydrogens is 230 g/mol. The zero-order valence-electron chi connectivity index (χ0n) is 10.2. The normalized spacial score (nSPS) is 17.2. The van der Waals surface area contributed by atoms with Gasteiger partial charge in [-0.05, 0) is 30.9 Å². The minimum Gasteiger partial charge on any atom is -0.339 e. The van der Waals surface area contributed by atoms with Crippen LogP contribution in [0.2, 0.25) is 0 Å². The van der Waals surface area contributed by atoms with E-state index in [1.165, 1.54) is 6.42 Å². The number of nitrogens with zero attached hydrogens (tertiary/aromatic N) is 1. The van der Waals surface area contributed by atoms with E-state index < -0.39 is 0 Å². The molecule has 0 saturated carbocycles. The molecular formula is C14H19NOS. The van der Waals surface area contributed by atoms with Crippen LogP contribution in [0.4, 0.5) is 0 Å². The van der Waals surface area contributed by atoms with Crippen LogP contribution in [0, 0.1) is 5.92 Å². The van der Waals surface area contributed by atoms with E-state index in [0.29, 0.717) is 0 Å². The van der Waals surface area contributed by atoms with Gasteiger partial charge in [-0.15, -0.1) is 12.6 Å². The van der Waals surface area contributed by atoms with Crippen molar-refractivity contribution in [3.05, 3.63) is 29.8 Å². The molecule has 1 amide bonds. The molecule has 1 aromatic rings. The molecule has 0 spiro atoms. The highest BCUT2D eigenvalue weighted by Gasteiger charge is 2.23. The van der Waals surface area contributed by atoms with E-state index in [4.69, 9.17) is 0 Å². The summed E-state index contributed by atoms with van der Waals surface area (Å²) in [4.78, 5) is 15.0. The number of amides is 1. The quantitative estimate of drug-likeness (QED) is 0.798. The van der Waals surface area contributed by atoms with Gasteiger partial charge >= 0.3 is 0 Å². The van der Waals surface area contributed by atoms with Crippen LogP contribution in [-0.4, -0.2) is 23.9 Å². The Morgan fingerprint density at radius 2 is 2.00 bits per heavy atom. The van der Waals surface area contributed by atoms with E-state index in [0.717, 1.165) is 42.3 Å². The molecule has 1 saturated heterocycles. The fourth-order valence-electron chi connectivity index (χ4n) is 2.37. The maximum atomic E-state index is 12.3. The molecule has 1 aromatic carbocycles. The van der Waals surface area contributed by atoms with Crippen molar-refractivity contribution in [1.29, 1.82) is 0 Å². The Bertz CT molecular complexity index is 397. The third-order valence-corrected chi connectivity index (χ3v) is 4.00. The fraction of sp³-hybridized carbons (Fsp3) is 0.500. The molecule has 0 aromatic heterocycles. The monoisotopic (exact) mass is 249 g/mol. The maximum Gasteiger partial charge on any atom is 0.254 e. The Balaban J connectivity index is 2.04. The van der Waals surface area contributed by atoms with E-state index >= 15 is 0 Å². The zero-order valence-corrected chi connectivity index (χ0v) is 11.1. The Kier molecular flexibility index (Phi) is 4.11. The lowest BCUT2D eigenvalue weighted by molar-refractivity contribution is 0.0685. The first-order valence-electron chi connectivity index (χ1n) is 6.29. The molecule has 0 bridgehead atoms. The Morgan fingerprint density at radius 3 is 2.59 bits per heavy atom. The molecule has 3 heteroatoms. The van der Waals surface area contributed by atoms with Crippen molar-refractivity contribution >= 4 is 18.5 Å². The topological polar surface area (TPSA) is 20.3 Å². The third kappa shape index (κ3) is 2.83. The van der Waals surface area contributed by atoms with Crippen LogP contribution in [0.5, 0.6) is 0 Å². The summed E-state index contributed by atoms with van der Waals surface area (Å²) in [6.07, 6.45) is 3.50. The first-order chi connectivity index (χ1) is 8.22. The Labute approximate surface area is 108 Å². The summed E-state index contributed by atoms with van der Waals surface area (Å²) in [5.41, 5.74) is 0.728. The summed E-state index contributed by atoms with van der Waals surface area (Å²) < 4.78 is 0. The molecule has 1 heterocycles. The van der Waals surface area contributed by atoms with Crippen molar-refractivity contribution in [1.82, 2.24) is 4.90 Å². The number of hydrogen-bond donors (Lipinski definition) is 1. The smallest absolute Gasteiger partial charge is 0.254 e. The summed E-state index contributed by atoms with van der Waals surface area (Å²) >= 11 is 4.35. The van der Waals surface area contributed by atoms with Gasteiger partial charge in [-0.3, -0.25) is 4.79 Å². The number of carbonyl (C=O) groups is 1. The first-order valence-corrected chi connectivity index (χ1v) is 6.74. The van der Waals surface area contributed by atoms with Crippen LogP contribution in [0.15, 0.2) is 29.2 Å². The van der Waals surface area contributed by atoms with Crippen LogP contribution >= 0.6 is 12.6 Å². The molecule has 0 aliphatic carbocycles. The second kappa shape index (κ2) is 5.58. The molecule has 2 nitrogen and oxygen atoms in total. The number of hydrogen-bond acceptors (Lipinski definition) is 2. The summed E-state index contributed by atoms with van der Waals surface area (Å²) in [7, 11) is 0. The van der Waals surface area contributed by atoms with Crippen molar-refractivity contribution in [2.45, 2.75) is 31.1 Å². The molecule has 0 unspecified atom stereocenters. The molecule has 1 aliphatic rings. The Morgan fingerprint density at radius 1 is 1.35 bits per heavy atom. The van der Waals surface area contributed by atoms with Gasteiger partial charge in [0.15, 0.2) is 0 Å². The van der Waals surface area contributed by atoms with Crippen LogP contribution in [0.1, 0.15) is 36.5 Å². The van der Waals surface area contributed by atoms with Crippen LogP contribution < -0.4 is 0 Å². The lowest BCUT2D eigenvalue weighted by atomic mass is 9.94. The number of likely N-dealkylation sites (tertiary alicyclic amines) is 1. The summed E-state index contributed by atoms with van der Waals surface area (Å²) in [5, 5.41) is 0. The number of carbonyl (C=O) groups excluding carboxylic acids is 1. The minimum absolute atomic E-state index is 0.130. The predicted octanol–water partition coefficient (Wildman–Crippen LogP) is 3.24. The van der Waals surface area contributed by atoms with E-state index in [2.05, 4.69) is 19.6 Å². The van der Waals surface area contributed by atoms with Crippen LogP contribution in [-0.2, 0) is 0 Å². The fourth-order valence-corrected chi connectivity index (χ4v) is 2.63. The van der Waals surface area contributed by atoms with Gasteiger partial charge in [0.25, 0.3) is 5.91 Å². The molecule has 0 atom stereocenters. The average Bonchev–Trinajstić information content (AvgIpc) is 2.39. The van der Waals surface area contributed by atoms with Crippen molar-refractivity contribution < 1.29 is 4.79 Å². The summed E-state index contributed by atoms with van der Waals surface area (Å²) in [5.74, 6) is 0.926. The number of thiol groups is 1. The van der Waals surface area contributed by atoms with Crippen molar-refractivity contribution in [2.75, 3.05) is 13.1 Å². The Hall–Kier alpha value is -0.960. The first kappa shape index (κ1) is 12.5. The molecule has 92 valence electrons. The molecule has 0 radical (unpaired) electrons. The second-order valence-electron chi connectivity index (χ2n) is 4.66. The van der Waals surface area contributed by atoms with Crippen LogP contribution in [0.3, 0.4) is 0 Å². The predicted molar refractivity (Wildman–Crippen MR) is 72.6 cm³/mol. The largest absolute Gasteiger partial charge is 0.339 e. The van der Waals surface area contributed by atoms with Gasteiger partial charge in [-0.25, -0.2) is 0 Å². The van der Waals surface area contributed by atoms with Gasteiger partial charge in [-0.2, -0.15) is 0 Å². The van der Waals surface area contributed by atoms with Gasteiger partial charge in [0.1, 0.15) is 0 Å². The highest BCUT2D eigenvalue weighted by Crippen LogP contribution is 2.23. The highest BCUT2D eigenvalue weighted by molar-refractivity contribution is 7.80. The number of benzene rings is 1. The van der Waals surface area contributed by atoms with Crippen molar-refractivity contribution in [3.63, 3.8) is 0 Å². The van der Waals surface area contributed by atoms with E-state index in [-0.39, 0.29) is 5.91 Å². The maximum absolute atomic E-state index is 12.3. The molecule has 1 aliphatic heterocycles. The summed E-state index contributed by atoms with van der Waals surface area (Å²) in [6, 6.07) is 7.53. The molecule has 0 N–H and O–H groups in total. The number of piperidine rings is 1. The standard InChI is InChI=1S/C14H19NOS/c1-2-11-7-9-15(10-8-11)14(16)12-5-3-4-6-13(12)17/h3-6,11,17H,2,7-10H2,1H3. The average molecular weight is 249 g/mol. The van der Waals surface area contributed by atoms with E-state index in [1.807, 2.05) is 29.2 Å². The van der Waals surface area contributed by atoms with Gasteiger partial charge in [0, 0.05) is 18.0 Å². The van der Waals surface area contributed by atoms with Gasteiger partial charge in [0.2, 0.25) is 0 Å². The van der Waals surface area contributed by atoms with E-state index in [9.17, 15) is 4.79 Å². The highest BCUT2D eigenvalue weighted by atomic mass is 32.1. The second-order valence-corrected chi connectivity index (χ2v) is 5.14. The zero-order chi connectivity index (χ0) is 12.3. The van der Waals surface area contributed by atoms with E-state index in [1.54, 1.807) is 0 Å². The lowest BCUT2D eigenvalue weighted by Crippen LogP contribution is -2.38. The molecule has 1 fully saturated rings. The number of rotatable bonds is 2.